The van der Waals surface area contributed by atoms with Gasteiger partial charge in [-0.15, -0.1) is 0 Å². The van der Waals surface area contributed by atoms with E-state index in [-0.39, 0.29) is 24.2 Å². The minimum atomic E-state index is -0.818. The number of ether oxygens (including phenoxy) is 3. The molecule has 0 spiro atoms. The van der Waals surface area contributed by atoms with Gasteiger partial charge in [0.15, 0.2) is 0 Å². The zero-order valence-corrected chi connectivity index (χ0v) is 14.0. The van der Waals surface area contributed by atoms with Crippen LogP contribution >= 0.6 is 0 Å². The molecule has 0 aliphatic rings. The molecule has 0 radical (unpaired) electrons. The van der Waals surface area contributed by atoms with Crippen LogP contribution in [0.1, 0.15) is 48.0 Å². The minimum absolute atomic E-state index is 0.170. The predicted molar refractivity (Wildman–Crippen MR) is 79.8 cm³/mol. The second-order valence-corrected chi connectivity index (χ2v) is 6.12. The van der Waals surface area contributed by atoms with Crippen LogP contribution in [0.4, 0.5) is 0 Å². The van der Waals surface area contributed by atoms with Crippen LogP contribution in [0.15, 0.2) is 0 Å². The van der Waals surface area contributed by atoms with Gasteiger partial charge in [-0.3, -0.25) is 5.32 Å². The standard InChI is InChI=1S/C15H31NO4/c1-8-20-13(17)15(6,16-12(2)3)11-19-10-9-14(4,5)18-7/h12,16H,8-11H2,1-7H3. The number of hydrogen-bond acceptors (Lipinski definition) is 5. The summed E-state index contributed by atoms with van der Waals surface area (Å²) in [4.78, 5) is 12.1. The first-order chi connectivity index (χ1) is 9.17. The first kappa shape index (κ1) is 19.4. The maximum Gasteiger partial charge on any atom is 0.328 e. The van der Waals surface area contributed by atoms with Crippen LogP contribution in [0.3, 0.4) is 0 Å². The van der Waals surface area contributed by atoms with Crippen LogP contribution in [0.25, 0.3) is 0 Å². The molecule has 20 heavy (non-hydrogen) atoms. The van der Waals surface area contributed by atoms with Gasteiger partial charge in [-0.25, -0.2) is 4.79 Å². The van der Waals surface area contributed by atoms with Crippen molar-refractivity contribution in [2.45, 2.75) is 65.1 Å². The van der Waals surface area contributed by atoms with E-state index in [1.807, 2.05) is 34.6 Å². The fraction of sp³-hybridized carbons (Fsp3) is 0.933. The molecule has 0 aromatic heterocycles. The summed E-state index contributed by atoms with van der Waals surface area (Å²) in [6, 6.07) is 0.170. The molecule has 0 heterocycles. The number of rotatable bonds is 10. The summed E-state index contributed by atoms with van der Waals surface area (Å²) in [5.74, 6) is -0.278. The second kappa shape index (κ2) is 8.60. The molecule has 0 aliphatic heterocycles. The lowest BCUT2D eigenvalue weighted by Crippen LogP contribution is -2.56. The smallest absolute Gasteiger partial charge is 0.328 e. The fourth-order valence-electron chi connectivity index (χ4n) is 1.78. The summed E-state index contributed by atoms with van der Waals surface area (Å²) in [7, 11) is 1.68. The summed E-state index contributed by atoms with van der Waals surface area (Å²) in [6.45, 7) is 12.8. The maximum absolute atomic E-state index is 12.1. The molecular formula is C15H31NO4. The quantitative estimate of drug-likeness (QED) is 0.493. The molecule has 0 aromatic rings. The zero-order chi connectivity index (χ0) is 15.8. The third kappa shape index (κ3) is 7.22. The molecule has 1 unspecified atom stereocenters. The van der Waals surface area contributed by atoms with Crippen LogP contribution in [0, 0.1) is 0 Å². The van der Waals surface area contributed by atoms with Gasteiger partial charge in [0.1, 0.15) is 5.54 Å². The average molecular weight is 289 g/mol. The van der Waals surface area contributed by atoms with E-state index in [1.54, 1.807) is 14.0 Å². The van der Waals surface area contributed by atoms with Gasteiger partial charge in [0.2, 0.25) is 0 Å². The molecular weight excluding hydrogens is 258 g/mol. The Balaban J connectivity index is 4.41. The monoisotopic (exact) mass is 289 g/mol. The molecule has 0 fully saturated rings. The van der Waals surface area contributed by atoms with Gasteiger partial charge in [0.05, 0.1) is 18.8 Å². The molecule has 0 bridgehead atoms. The highest BCUT2D eigenvalue weighted by Crippen LogP contribution is 2.14. The van der Waals surface area contributed by atoms with Crippen LogP contribution in [0.5, 0.6) is 0 Å². The molecule has 0 saturated carbocycles. The van der Waals surface area contributed by atoms with Crippen molar-refractivity contribution in [1.82, 2.24) is 5.32 Å². The van der Waals surface area contributed by atoms with Gasteiger partial charge >= 0.3 is 5.97 Å². The van der Waals surface area contributed by atoms with Gasteiger partial charge in [-0.05, 0) is 48.0 Å². The Morgan fingerprint density at radius 2 is 1.85 bits per heavy atom. The summed E-state index contributed by atoms with van der Waals surface area (Å²) in [6.07, 6.45) is 0.768. The Kier molecular flexibility index (Phi) is 8.32. The van der Waals surface area contributed by atoms with Crippen molar-refractivity contribution < 1.29 is 19.0 Å². The molecule has 5 heteroatoms. The third-order valence-electron chi connectivity index (χ3n) is 3.12. The van der Waals surface area contributed by atoms with Crippen LogP contribution in [0.2, 0.25) is 0 Å². The van der Waals surface area contributed by atoms with E-state index in [1.165, 1.54) is 0 Å². The lowest BCUT2D eigenvalue weighted by molar-refractivity contribution is -0.153. The number of carbonyl (C=O) groups is 1. The van der Waals surface area contributed by atoms with E-state index < -0.39 is 5.54 Å². The van der Waals surface area contributed by atoms with Gasteiger partial charge in [0, 0.05) is 19.8 Å². The van der Waals surface area contributed by atoms with E-state index in [4.69, 9.17) is 14.2 Å². The van der Waals surface area contributed by atoms with Crippen molar-refractivity contribution >= 4 is 5.97 Å². The van der Waals surface area contributed by atoms with E-state index >= 15 is 0 Å². The second-order valence-electron chi connectivity index (χ2n) is 6.12. The van der Waals surface area contributed by atoms with Gasteiger partial charge < -0.3 is 14.2 Å². The number of nitrogens with one attached hydrogen (secondary N) is 1. The lowest BCUT2D eigenvalue weighted by Gasteiger charge is -2.31. The first-order valence-corrected chi connectivity index (χ1v) is 7.24. The van der Waals surface area contributed by atoms with E-state index in [0.717, 1.165) is 6.42 Å². The summed E-state index contributed by atoms with van der Waals surface area (Å²) in [5.41, 5.74) is -1.03. The van der Waals surface area contributed by atoms with Crippen molar-refractivity contribution in [3.8, 4) is 0 Å². The molecule has 0 amide bonds. The van der Waals surface area contributed by atoms with Crippen molar-refractivity contribution in [2.24, 2.45) is 0 Å². The van der Waals surface area contributed by atoms with Crippen molar-refractivity contribution in [3.63, 3.8) is 0 Å². The van der Waals surface area contributed by atoms with Crippen molar-refractivity contribution in [3.05, 3.63) is 0 Å². The Morgan fingerprint density at radius 3 is 2.30 bits per heavy atom. The largest absolute Gasteiger partial charge is 0.465 e. The highest BCUT2D eigenvalue weighted by Gasteiger charge is 2.35. The first-order valence-electron chi connectivity index (χ1n) is 7.24. The van der Waals surface area contributed by atoms with Gasteiger partial charge in [0.25, 0.3) is 0 Å². The Bertz CT molecular complexity index is 292. The molecule has 5 nitrogen and oxygen atoms in total. The lowest BCUT2D eigenvalue weighted by atomic mass is 10.0. The van der Waals surface area contributed by atoms with Crippen molar-refractivity contribution in [2.75, 3.05) is 26.9 Å². The Hall–Kier alpha value is -0.650. The van der Waals surface area contributed by atoms with Gasteiger partial charge in [-0.2, -0.15) is 0 Å². The molecule has 1 N–H and O–H groups in total. The number of methoxy groups -OCH3 is 1. The number of esters is 1. The Labute approximate surface area is 123 Å². The van der Waals surface area contributed by atoms with Crippen molar-refractivity contribution in [1.29, 1.82) is 0 Å². The maximum atomic E-state index is 12.1. The van der Waals surface area contributed by atoms with Gasteiger partial charge in [-0.1, -0.05) is 0 Å². The number of carbonyl (C=O) groups excluding carboxylic acids is 1. The van der Waals surface area contributed by atoms with E-state index in [9.17, 15) is 4.79 Å². The summed E-state index contributed by atoms with van der Waals surface area (Å²) >= 11 is 0. The van der Waals surface area contributed by atoms with Crippen LogP contribution in [-0.2, 0) is 19.0 Å². The topological polar surface area (TPSA) is 56.8 Å². The number of hydrogen-bond donors (Lipinski definition) is 1. The zero-order valence-electron chi connectivity index (χ0n) is 14.0. The highest BCUT2D eigenvalue weighted by atomic mass is 16.5. The highest BCUT2D eigenvalue weighted by molar-refractivity contribution is 5.80. The Morgan fingerprint density at radius 1 is 1.25 bits per heavy atom. The molecule has 0 saturated heterocycles. The molecule has 1 atom stereocenters. The molecule has 0 rings (SSSR count). The predicted octanol–water partition coefficient (Wildman–Crippen LogP) is 2.14. The molecule has 0 aliphatic carbocycles. The van der Waals surface area contributed by atoms with E-state index in [0.29, 0.717) is 13.2 Å². The normalized spacial score (nSPS) is 15.2. The van der Waals surface area contributed by atoms with Crippen LogP contribution in [-0.4, -0.2) is 50.1 Å². The third-order valence-corrected chi connectivity index (χ3v) is 3.12. The molecule has 0 aromatic carbocycles. The summed E-state index contributed by atoms with van der Waals surface area (Å²) < 4.78 is 16.1. The summed E-state index contributed by atoms with van der Waals surface area (Å²) in [5, 5.41) is 3.22. The molecule has 120 valence electrons. The van der Waals surface area contributed by atoms with Crippen LogP contribution < -0.4 is 5.32 Å². The minimum Gasteiger partial charge on any atom is -0.465 e. The van der Waals surface area contributed by atoms with E-state index in [2.05, 4.69) is 5.32 Å². The fourth-order valence-corrected chi connectivity index (χ4v) is 1.78. The SMILES string of the molecule is CCOC(=O)C(C)(COCCC(C)(C)OC)NC(C)C. The average Bonchev–Trinajstić information content (AvgIpc) is 2.34.